The summed E-state index contributed by atoms with van der Waals surface area (Å²) >= 11 is 0. The Hall–Kier alpha value is -1.66. The van der Waals surface area contributed by atoms with Gasteiger partial charge in [-0.05, 0) is 0 Å². The van der Waals surface area contributed by atoms with Crippen LogP contribution in [0.5, 0.6) is 0 Å². The zero-order chi connectivity index (χ0) is 9.45. The van der Waals surface area contributed by atoms with Gasteiger partial charge in [-0.15, -0.1) is 5.26 Å². The monoisotopic (exact) mass is 191 g/mol. The fourth-order valence-corrected chi connectivity index (χ4v) is 0.323. The lowest BCUT2D eigenvalue weighted by Crippen LogP contribution is -2.12. The zero-order valence-electron chi connectivity index (χ0n) is 5.71. The molecule has 12 heavy (non-hydrogen) atoms. The molecule has 0 aliphatic carbocycles. The van der Waals surface area contributed by atoms with E-state index in [1.54, 1.807) is 12.4 Å². The summed E-state index contributed by atoms with van der Waals surface area (Å²) in [6.07, 6.45) is 4.06. The number of aromatic nitrogens is 3. The lowest BCUT2D eigenvalue weighted by molar-refractivity contribution is 0.460. The Morgan fingerprint density at radius 1 is 1.50 bits per heavy atom. The van der Waals surface area contributed by atoms with Gasteiger partial charge in [-0.1, -0.05) is 0 Å². The van der Waals surface area contributed by atoms with Crippen molar-refractivity contribution in [3.63, 3.8) is 0 Å². The van der Waals surface area contributed by atoms with E-state index in [0.717, 1.165) is 6.26 Å². The van der Waals surface area contributed by atoms with Crippen LogP contribution in [0.15, 0.2) is 12.4 Å². The molecule has 0 radical (unpaired) electrons. The molecule has 1 aromatic heterocycles. The molecular formula is C3H5N5O3S. The molecule has 1 aromatic rings. The number of nitriles is 1. The van der Waals surface area contributed by atoms with E-state index < -0.39 is 10.3 Å². The molecule has 8 nitrogen and oxygen atoms in total. The van der Waals surface area contributed by atoms with E-state index in [0.29, 0.717) is 0 Å². The Kier molecular flexibility index (Phi) is 4.35. The first kappa shape index (κ1) is 10.3. The van der Waals surface area contributed by atoms with Gasteiger partial charge in [-0.3, -0.25) is 4.18 Å². The fourth-order valence-electron chi connectivity index (χ4n) is 0.219. The molecule has 66 valence electrons. The number of nitrogens with one attached hydrogen (secondary N) is 1. The van der Waals surface area contributed by atoms with Crippen molar-refractivity contribution in [1.29, 1.82) is 5.26 Å². The number of aromatic amines is 1. The summed E-state index contributed by atoms with van der Waals surface area (Å²) in [5.41, 5.74) is 0. The van der Waals surface area contributed by atoms with Crippen LogP contribution in [0.25, 0.3) is 0 Å². The van der Waals surface area contributed by atoms with Crippen LogP contribution >= 0.6 is 0 Å². The normalized spacial score (nSPS) is 9.00. The van der Waals surface area contributed by atoms with E-state index in [1.807, 2.05) is 0 Å². The van der Waals surface area contributed by atoms with Crippen molar-refractivity contribution in [2.45, 2.75) is 0 Å². The molecule has 0 fully saturated rings. The molecule has 3 N–H and O–H groups in total. The minimum atomic E-state index is -4.04. The molecule has 0 saturated carbocycles. The average Bonchev–Trinajstić information content (AvgIpc) is 2.38. The van der Waals surface area contributed by atoms with Crippen LogP contribution in [-0.2, 0) is 14.5 Å². The van der Waals surface area contributed by atoms with Crippen molar-refractivity contribution >= 4 is 10.3 Å². The summed E-state index contributed by atoms with van der Waals surface area (Å²) in [7, 11) is -4.04. The third kappa shape index (κ3) is 8.34. The van der Waals surface area contributed by atoms with Gasteiger partial charge in [-0.2, -0.15) is 29.0 Å². The number of hydrogen-bond acceptors (Lipinski definition) is 6. The Balaban J connectivity index is 0.000000211. The Bertz CT molecular complexity index is 306. The van der Waals surface area contributed by atoms with Crippen molar-refractivity contribution in [1.82, 2.24) is 15.4 Å². The van der Waals surface area contributed by atoms with Gasteiger partial charge in [0.25, 0.3) is 0 Å². The highest BCUT2D eigenvalue weighted by atomic mass is 32.2. The number of H-pyrrole nitrogens is 1. The van der Waals surface area contributed by atoms with Crippen LogP contribution in [0.1, 0.15) is 0 Å². The largest absolute Gasteiger partial charge is 0.389 e. The van der Waals surface area contributed by atoms with Gasteiger partial charge in [0.05, 0.1) is 12.4 Å². The molecule has 0 saturated heterocycles. The third-order valence-electron chi connectivity index (χ3n) is 0.485. The molecular weight excluding hydrogens is 186 g/mol. The van der Waals surface area contributed by atoms with Crippen LogP contribution in [0, 0.1) is 11.5 Å². The molecule has 0 atom stereocenters. The van der Waals surface area contributed by atoms with Crippen molar-refractivity contribution < 1.29 is 12.6 Å². The molecule has 0 unspecified atom stereocenters. The minimum Gasteiger partial charge on any atom is -0.290 e. The topological polar surface area (TPSA) is 135 Å². The first-order valence-corrected chi connectivity index (χ1v) is 3.93. The molecule has 1 heterocycles. The molecule has 1 rings (SSSR count). The van der Waals surface area contributed by atoms with Crippen molar-refractivity contribution in [3.8, 4) is 6.26 Å². The number of nitrogens with two attached hydrogens (primary N) is 1. The maximum absolute atomic E-state index is 9.56. The van der Waals surface area contributed by atoms with E-state index in [4.69, 9.17) is 5.26 Å². The highest BCUT2D eigenvalue weighted by molar-refractivity contribution is 7.84. The predicted molar refractivity (Wildman–Crippen MR) is 36.2 cm³/mol. The van der Waals surface area contributed by atoms with Gasteiger partial charge in [0.15, 0.2) is 0 Å². The van der Waals surface area contributed by atoms with Gasteiger partial charge in [-0.25, -0.2) is 0 Å². The maximum atomic E-state index is 9.56. The molecule has 0 amide bonds. The summed E-state index contributed by atoms with van der Waals surface area (Å²) in [6.45, 7) is 0. The van der Waals surface area contributed by atoms with Crippen molar-refractivity contribution in [2.75, 3.05) is 0 Å². The molecule has 0 bridgehead atoms. The van der Waals surface area contributed by atoms with Crippen LogP contribution < -0.4 is 5.14 Å². The average molecular weight is 191 g/mol. The maximum Gasteiger partial charge on any atom is 0.389 e. The lowest BCUT2D eigenvalue weighted by Gasteiger charge is -1.82. The van der Waals surface area contributed by atoms with Gasteiger partial charge in [0.2, 0.25) is 0 Å². The molecule has 0 spiro atoms. The highest BCUT2D eigenvalue weighted by Gasteiger charge is 1.96. The van der Waals surface area contributed by atoms with E-state index in [9.17, 15) is 8.42 Å². The van der Waals surface area contributed by atoms with E-state index in [2.05, 4.69) is 24.7 Å². The summed E-state index contributed by atoms with van der Waals surface area (Å²) in [5, 5.41) is 21.0. The van der Waals surface area contributed by atoms with E-state index >= 15 is 0 Å². The van der Waals surface area contributed by atoms with Crippen LogP contribution in [0.3, 0.4) is 0 Å². The second-order valence-electron chi connectivity index (χ2n) is 1.32. The van der Waals surface area contributed by atoms with Crippen LogP contribution in [0.2, 0.25) is 0 Å². The number of hydrogen-bond donors (Lipinski definition) is 2. The quantitative estimate of drug-likeness (QED) is 0.518. The minimum absolute atomic E-state index is 0.895. The fraction of sp³-hybridized carbons (Fsp3) is 0. The highest BCUT2D eigenvalue weighted by Crippen LogP contribution is 1.73. The van der Waals surface area contributed by atoms with Crippen molar-refractivity contribution in [3.05, 3.63) is 12.4 Å². The smallest absolute Gasteiger partial charge is 0.290 e. The third-order valence-corrected chi connectivity index (χ3v) is 0.791. The standard InChI is InChI=1S/C2H3N3.CH2N2O3S/c1-2-4-5-3-1;2-1-6-7(3,4)5/h1-2H,(H,3,4,5);(H2,3,4,5). The van der Waals surface area contributed by atoms with E-state index in [-0.39, 0.29) is 0 Å². The summed E-state index contributed by atoms with van der Waals surface area (Å²) < 4.78 is 22.4. The summed E-state index contributed by atoms with van der Waals surface area (Å²) in [5.74, 6) is 0. The summed E-state index contributed by atoms with van der Waals surface area (Å²) in [4.78, 5) is 0. The van der Waals surface area contributed by atoms with Crippen LogP contribution in [0.4, 0.5) is 0 Å². The first-order valence-electron chi connectivity index (χ1n) is 2.46. The predicted octanol–water partition coefficient (Wildman–Crippen LogP) is -1.51. The van der Waals surface area contributed by atoms with Gasteiger partial charge in [0, 0.05) is 0 Å². The molecule has 0 aliphatic heterocycles. The van der Waals surface area contributed by atoms with Gasteiger partial charge < -0.3 is 0 Å². The van der Waals surface area contributed by atoms with Gasteiger partial charge >= 0.3 is 16.6 Å². The second-order valence-corrected chi connectivity index (χ2v) is 2.48. The first-order chi connectivity index (χ1) is 5.56. The molecule has 0 aliphatic rings. The van der Waals surface area contributed by atoms with E-state index in [1.165, 1.54) is 0 Å². The van der Waals surface area contributed by atoms with Crippen LogP contribution in [-0.4, -0.2) is 23.8 Å². The second kappa shape index (κ2) is 5.05. The zero-order valence-corrected chi connectivity index (χ0v) is 6.52. The van der Waals surface area contributed by atoms with Crippen molar-refractivity contribution in [2.24, 2.45) is 5.14 Å². The number of nitrogens with zero attached hydrogens (tertiary/aromatic N) is 3. The Morgan fingerprint density at radius 3 is 2.08 bits per heavy atom. The lowest BCUT2D eigenvalue weighted by atomic mass is 11.0. The SMILES string of the molecule is N#COS(N)(=O)=O.c1cn[nH]n1. The molecule has 9 heteroatoms. The Morgan fingerprint density at radius 2 is 2.00 bits per heavy atom. The Labute approximate surface area is 68.2 Å². The molecule has 0 aromatic carbocycles. The summed E-state index contributed by atoms with van der Waals surface area (Å²) in [6, 6.07) is 0. The number of rotatable bonds is 1. The van der Waals surface area contributed by atoms with Gasteiger partial charge in [0.1, 0.15) is 0 Å².